The summed E-state index contributed by atoms with van der Waals surface area (Å²) in [5.74, 6) is -0.814. The van der Waals surface area contributed by atoms with Crippen molar-refractivity contribution in [3.8, 4) is 11.5 Å². The van der Waals surface area contributed by atoms with E-state index in [1.165, 1.54) is 32.4 Å². The number of rotatable bonds is 8. The summed E-state index contributed by atoms with van der Waals surface area (Å²) in [4.78, 5) is 24.7. The molecule has 184 valence electrons. The van der Waals surface area contributed by atoms with Gasteiger partial charge in [0.1, 0.15) is 17.3 Å². The molecule has 3 rings (SSSR count). The van der Waals surface area contributed by atoms with Crippen LogP contribution < -0.4 is 20.1 Å². The van der Waals surface area contributed by atoms with Gasteiger partial charge in [0.15, 0.2) is 0 Å². The average molecular weight is 490 g/mol. The Kier molecular flexibility index (Phi) is 7.95. The van der Waals surface area contributed by atoms with Gasteiger partial charge in [-0.1, -0.05) is 0 Å². The molecule has 0 aliphatic rings. The third-order valence-corrected chi connectivity index (χ3v) is 5.07. The number of hydrogen-bond donors (Lipinski definition) is 2. The van der Waals surface area contributed by atoms with Gasteiger partial charge >= 0.3 is 6.18 Å². The molecule has 2 amide bonds. The molecule has 0 aromatic heterocycles. The molecule has 0 fully saturated rings. The van der Waals surface area contributed by atoms with Crippen LogP contribution in [0.15, 0.2) is 60.7 Å². The van der Waals surface area contributed by atoms with Crippen LogP contribution in [0.1, 0.15) is 27.9 Å². The Hall–Kier alpha value is -4.08. The van der Waals surface area contributed by atoms with E-state index in [2.05, 4.69) is 10.6 Å². The number of nitrogens with one attached hydrogen (secondary N) is 2. The minimum Gasteiger partial charge on any atom is -0.497 e. The van der Waals surface area contributed by atoms with Crippen LogP contribution in [0.2, 0.25) is 0 Å². The number of hydrogen-bond acceptors (Lipinski definition) is 4. The summed E-state index contributed by atoms with van der Waals surface area (Å²) in [5.41, 5.74) is -0.963. The summed E-state index contributed by atoms with van der Waals surface area (Å²) < 4.78 is 64.5. The highest BCUT2D eigenvalue weighted by molar-refractivity contribution is 6.04. The highest BCUT2D eigenvalue weighted by Crippen LogP contribution is 2.37. The Bertz CT molecular complexity index is 1210. The van der Waals surface area contributed by atoms with E-state index in [1.807, 2.05) is 0 Å². The van der Waals surface area contributed by atoms with Crippen LogP contribution in [0.3, 0.4) is 0 Å². The van der Waals surface area contributed by atoms with E-state index in [0.717, 1.165) is 24.3 Å². The Morgan fingerprint density at radius 3 is 2.23 bits per heavy atom. The lowest BCUT2D eigenvalue weighted by molar-refractivity contribution is -0.136. The van der Waals surface area contributed by atoms with Crippen molar-refractivity contribution < 1.29 is 36.6 Å². The maximum Gasteiger partial charge on any atom is 0.418 e. The number of ether oxygens (including phenoxy) is 2. The van der Waals surface area contributed by atoms with Crippen LogP contribution in [0, 0.1) is 5.82 Å². The molecule has 0 bridgehead atoms. The van der Waals surface area contributed by atoms with Crippen LogP contribution in [-0.4, -0.2) is 26.0 Å². The third-order valence-electron chi connectivity index (χ3n) is 5.07. The van der Waals surface area contributed by atoms with Crippen molar-refractivity contribution in [1.82, 2.24) is 0 Å². The number of alkyl halides is 3. The molecule has 10 heteroatoms. The van der Waals surface area contributed by atoms with E-state index in [-0.39, 0.29) is 24.1 Å². The van der Waals surface area contributed by atoms with Crippen LogP contribution in [0.25, 0.3) is 0 Å². The van der Waals surface area contributed by atoms with Crippen molar-refractivity contribution in [2.75, 3.05) is 24.9 Å². The fraction of sp³-hybridized carbons (Fsp3) is 0.200. The van der Waals surface area contributed by atoms with E-state index in [0.29, 0.717) is 17.1 Å². The molecule has 2 N–H and O–H groups in total. The third kappa shape index (κ3) is 6.72. The van der Waals surface area contributed by atoms with Crippen molar-refractivity contribution in [3.05, 3.63) is 83.2 Å². The number of carbonyl (C=O) groups is 2. The molecule has 0 aliphatic carbocycles. The molecule has 0 radical (unpaired) electrons. The molecule has 0 saturated heterocycles. The number of carbonyl (C=O) groups excluding carboxylic acids is 2. The number of halogens is 4. The topological polar surface area (TPSA) is 76.7 Å². The quantitative estimate of drug-likeness (QED) is 0.398. The first-order chi connectivity index (χ1) is 16.6. The van der Waals surface area contributed by atoms with Crippen LogP contribution in [-0.2, 0) is 17.4 Å². The Morgan fingerprint density at radius 2 is 1.60 bits per heavy atom. The van der Waals surface area contributed by atoms with Crippen LogP contribution in [0.5, 0.6) is 11.5 Å². The van der Waals surface area contributed by atoms with E-state index < -0.39 is 35.1 Å². The van der Waals surface area contributed by atoms with E-state index in [9.17, 15) is 27.2 Å². The lowest BCUT2D eigenvalue weighted by atomic mass is 10.1. The van der Waals surface area contributed by atoms with Gasteiger partial charge in [-0.25, -0.2) is 4.39 Å². The van der Waals surface area contributed by atoms with Crippen molar-refractivity contribution >= 4 is 23.2 Å². The monoisotopic (exact) mass is 490 g/mol. The van der Waals surface area contributed by atoms with Gasteiger partial charge in [-0.2, -0.15) is 13.2 Å². The normalized spacial score (nSPS) is 11.0. The van der Waals surface area contributed by atoms with Gasteiger partial charge in [0.2, 0.25) is 5.91 Å². The van der Waals surface area contributed by atoms with Crippen LogP contribution in [0.4, 0.5) is 28.9 Å². The standard InChI is InChI=1S/C25H22F4N2O4/c1-34-19-9-11-22(35-2)16(13-19)5-12-23(32)31-21-10-8-18(14-20(21)25(27,28)29)30-24(33)15-3-6-17(26)7-4-15/h3-4,6-11,13-14H,5,12H2,1-2H3,(H,30,33)(H,31,32). The molecule has 35 heavy (non-hydrogen) atoms. The summed E-state index contributed by atoms with van der Waals surface area (Å²) in [6, 6.07) is 12.6. The fourth-order valence-corrected chi connectivity index (χ4v) is 3.31. The molecule has 6 nitrogen and oxygen atoms in total. The molecule has 0 heterocycles. The summed E-state index contributed by atoms with van der Waals surface area (Å²) >= 11 is 0. The maximum atomic E-state index is 13.7. The average Bonchev–Trinajstić information content (AvgIpc) is 2.83. The highest BCUT2D eigenvalue weighted by Gasteiger charge is 2.34. The minimum absolute atomic E-state index is 0.0744. The van der Waals surface area contributed by atoms with Crippen molar-refractivity contribution in [2.24, 2.45) is 0 Å². The summed E-state index contributed by atoms with van der Waals surface area (Å²) in [6.07, 6.45) is -4.70. The van der Waals surface area contributed by atoms with E-state index in [4.69, 9.17) is 9.47 Å². The first kappa shape index (κ1) is 25.5. The van der Waals surface area contributed by atoms with Gasteiger partial charge in [0.05, 0.1) is 25.5 Å². The lowest BCUT2D eigenvalue weighted by Gasteiger charge is -2.16. The van der Waals surface area contributed by atoms with Gasteiger partial charge in [-0.05, 0) is 72.6 Å². The van der Waals surface area contributed by atoms with Crippen molar-refractivity contribution in [3.63, 3.8) is 0 Å². The molecule has 0 saturated carbocycles. The van der Waals surface area contributed by atoms with Gasteiger partial charge in [0.25, 0.3) is 5.91 Å². The largest absolute Gasteiger partial charge is 0.497 e. The minimum atomic E-state index is -4.80. The predicted molar refractivity (Wildman–Crippen MR) is 122 cm³/mol. The zero-order chi connectivity index (χ0) is 25.6. The van der Waals surface area contributed by atoms with Crippen molar-refractivity contribution in [1.29, 1.82) is 0 Å². The lowest BCUT2D eigenvalue weighted by Crippen LogP contribution is -2.18. The van der Waals surface area contributed by atoms with Gasteiger partial charge in [0, 0.05) is 17.7 Å². The van der Waals surface area contributed by atoms with Crippen LogP contribution >= 0.6 is 0 Å². The SMILES string of the molecule is COc1ccc(OC)c(CCC(=O)Nc2ccc(NC(=O)c3ccc(F)cc3)cc2C(F)(F)F)c1. The number of methoxy groups -OCH3 is 2. The smallest absolute Gasteiger partial charge is 0.418 e. The number of benzene rings is 3. The first-order valence-corrected chi connectivity index (χ1v) is 10.4. The summed E-state index contributed by atoms with van der Waals surface area (Å²) in [7, 11) is 2.96. The zero-order valence-electron chi connectivity index (χ0n) is 18.8. The summed E-state index contributed by atoms with van der Waals surface area (Å²) in [5, 5.41) is 4.63. The number of aryl methyl sites for hydroxylation is 1. The fourth-order valence-electron chi connectivity index (χ4n) is 3.31. The number of amides is 2. The molecule has 3 aromatic carbocycles. The second kappa shape index (κ2) is 10.9. The Morgan fingerprint density at radius 1 is 0.886 bits per heavy atom. The second-order valence-electron chi connectivity index (χ2n) is 7.45. The van der Waals surface area contributed by atoms with E-state index >= 15 is 0 Å². The molecule has 0 atom stereocenters. The summed E-state index contributed by atoms with van der Waals surface area (Å²) in [6.45, 7) is 0. The molecule has 0 aliphatic heterocycles. The van der Waals surface area contributed by atoms with Gasteiger partial charge in [-0.3, -0.25) is 9.59 Å². The van der Waals surface area contributed by atoms with Crippen molar-refractivity contribution in [2.45, 2.75) is 19.0 Å². The molecular weight excluding hydrogens is 468 g/mol. The molecule has 3 aromatic rings. The van der Waals surface area contributed by atoms with Gasteiger partial charge in [-0.15, -0.1) is 0 Å². The molecular formula is C25H22F4N2O4. The highest BCUT2D eigenvalue weighted by atomic mass is 19.4. The van der Waals surface area contributed by atoms with Gasteiger partial charge < -0.3 is 20.1 Å². The molecule has 0 unspecified atom stereocenters. The predicted octanol–water partition coefficient (Wildman–Crippen LogP) is 5.69. The maximum absolute atomic E-state index is 13.7. The Labute approximate surface area is 198 Å². The Balaban J connectivity index is 1.73. The zero-order valence-corrected chi connectivity index (χ0v) is 18.8. The molecule has 0 spiro atoms. The first-order valence-electron chi connectivity index (χ1n) is 10.4. The second-order valence-corrected chi connectivity index (χ2v) is 7.45. The van der Waals surface area contributed by atoms with E-state index in [1.54, 1.807) is 18.2 Å². The number of anilines is 2.